The molecule has 0 fully saturated rings. The summed E-state index contributed by atoms with van der Waals surface area (Å²) in [4.78, 5) is 11.0. The third-order valence-electron chi connectivity index (χ3n) is 2.03. The summed E-state index contributed by atoms with van der Waals surface area (Å²) in [7, 11) is -3.93. The Bertz CT molecular complexity index is 335. The molecule has 1 amide bonds. The van der Waals surface area contributed by atoms with Crippen LogP contribution in [0.1, 0.15) is 20.3 Å². The summed E-state index contributed by atoms with van der Waals surface area (Å²) < 4.78 is 32.0. The lowest BCUT2D eigenvalue weighted by atomic mass is 10.0. The molecule has 102 valence electrons. The molecular weight excluding hydrogens is 380 g/mol. The highest BCUT2D eigenvalue weighted by molar-refractivity contribution is 9.09. The number of nitrogens with one attached hydrogen (secondary N) is 2. The first-order valence-corrected chi connectivity index (χ1v) is 8.67. The van der Waals surface area contributed by atoms with Crippen LogP contribution in [0.25, 0.3) is 0 Å². The van der Waals surface area contributed by atoms with Crippen molar-refractivity contribution in [2.24, 2.45) is 0 Å². The van der Waals surface area contributed by atoms with E-state index in [1.54, 1.807) is 11.6 Å². The van der Waals surface area contributed by atoms with Crippen LogP contribution in [0.5, 0.6) is 0 Å². The molecule has 0 aromatic heterocycles. The zero-order valence-electron chi connectivity index (χ0n) is 9.63. The Morgan fingerprint density at radius 2 is 1.82 bits per heavy atom. The number of hydrogen-bond donors (Lipinski definition) is 2. The lowest BCUT2D eigenvalue weighted by molar-refractivity contribution is 0.158. The first-order valence-electron chi connectivity index (χ1n) is 4.95. The van der Waals surface area contributed by atoms with E-state index in [4.69, 9.17) is 0 Å². The maximum atomic E-state index is 11.6. The van der Waals surface area contributed by atoms with Gasteiger partial charge >= 0.3 is 16.3 Å². The van der Waals surface area contributed by atoms with Crippen LogP contribution >= 0.6 is 31.9 Å². The number of hydrogen-bond acceptors (Lipinski definition) is 4. The minimum atomic E-state index is -3.93. The van der Waals surface area contributed by atoms with E-state index >= 15 is 0 Å². The Balaban J connectivity index is 4.68. The molecular formula is C8H16Br2N2O4S. The predicted molar refractivity (Wildman–Crippen MR) is 72.8 cm³/mol. The molecule has 0 aliphatic rings. The average molecular weight is 396 g/mol. The van der Waals surface area contributed by atoms with Crippen LogP contribution in [-0.2, 0) is 14.9 Å². The van der Waals surface area contributed by atoms with Crippen LogP contribution in [-0.4, -0.2) is 37.3 Å². The highest BCUT2D eigenvalue weighted by atomic mass is 79.9. The summed E-state index contributed by atoms with van der Waals surface area (Å²) in [5.74, 6) is 0. The van der Waals surface area contributed by atoms with Gasteiger partial charge in [-0.3, -0.25) is 0 Å². The van der Waals surface area contributed by atoms with Gasteiger partial charge in [-0.05, 0) is 13.3 Å². The van der Waals surface area contributed by atoms with E-state index < -0.39 is 21.8 Å². The quantitative estimate of drug-likeness (QED) is 0.640. The fourth-order valence-corrected chi connectivity index (χ4v) is 4.49. The largest absolute Gasteiger partial charge is 0.449 e. The molecule has 0 aromatic carbocycles. The fourth-order valence-electron chi connectivity index (χ4n) is 0.932. The van der Waals surface area contributed by atoms with Gasteiger partial charge < -0.3 is 4.74 Å². The predicted octanol–water partition coefficient (Wildman–Crippen LogP) is 1.51. The molecule has 0 rings (SSSR count). The normalized spacial score (nSPS) is 12.2. The van der Waals surface area contributed by atoms with Gasteiger partial charge in [-0.25, -0.2) is 9.52 Å². The van der Waals surface area contributed by atoms with E-state index in [1.165, 1.54) is 0 Å². The number of rotatable bonds is 7. The summed E-state index contributed by atoms with van der Waals surface area (Å²) in [5.41, 5.74) is -0.682. The van der Waals surface area contributed by atoms with E-state index in [2.05, 4.69) is 41.3 Å². The van der Waals surface area contributed by atoms with E-state index in [-0.39, 0.29) is 6.61 Å². The summed E-state index contributed by atoms with van der Waals surface area (Å²) in [6.07, 6.45) is -0.429. The minimum Gasteiger partial charge on any atom is -0.449 e. The van der Waals surface area contributed by atoms with Gasteiger partial charge in [-0.15, -0.1) is 0 Å². The molecule has 0 spiro atoms. The lowest BCUT2D eigenvalue weighted by Crippen LogP contribution is -2.55. The summed E-state index contributed by atoms with van der Waals surface area (Å²) in [6, 6.07) is 0. The van der Waals surface area contributed by atoms with Crippen LogP contribution in [0.2, 0.25) is 0 Å². The van der Waals surface area contributed by atoms with E-state index in [9.17, 15) is 13.2 Å². The van der Waals surface area contributed by atoms with Gasteiger partial charge in [0, 0.05) is 10.7 Å². The highest BCUT2D eigenvalue weighted by Gasteiger charge is 2.32. The van der Waals surface area contributed by atoms with Crippen molar-refractivity contribution in [3.63, 3.8) is 0 Å². The maximum Gasteiger partial charge on any atom is 0.421 e. The Labute approximate surface area is 118 Å². The van der Waals surface area contributed by atoms with Gasteiger partial charge in [0.1, 0.15) is 0 Å². The lowest BCUT2D eigenvalue weighted by Gasteiger charge is -2.29. The van der Waals surface area contributed by atoms with E-state index in [0.29, 0.717) is 17.1 Å². The zero-order chi connectivity index (χ0) is 13.5. The van der Waals surface area contributed by atoms with Crippen molar-refractivity contribution in [3.05, 3.63) is 0 Å². The zero-order valence-corrected chi connectivity index (χ0v) is 13.6. The Kier molecular flexibility index (Phi) is 7.61. The molecule has 17 heavy (non-hydrogen) atoms. The van der Waals surface area contributed by atoms with Gasteiger partial charge in [0.2, 0.25) is 0 Å². The van der Waals surface area contributed by atoms with Gasteiger partial charge in [0.25, 0.3) is 0 Å². The van der Waals surface area contributed by atoms with Gasteiger partial charge in [0.05, 0.1) is 12.1 Å². The molecule has 0 aliphatic heterocycles. The smallest absolute Gasteiger partial charge is 0.421 e. The Morgan fingerprint density at radius 3 is 2.18 bits per heavy atom. The van der Waals surface area contributed by atoms with E-state index in [0.717, 1.165) is 0 Å². The van der Waals surface area contributed by atoms with E-state index in [1.807, 2.05) is 6.92 Å². The van der Waals surface area contributed by atoms with Crippen LogP contribution in [0.3, 0.4) is 0 Å². The molecule has 0 aliphatic carbocycles. The highest BCUT2D eigenvalue weighted by Crippen LogP contribution is 2.17. The van der Waals surface area contributed by atoms with Crippen molar-refractivity contribution < 1.29 is 17.9 Å². The van der Waals surface area contributed by atoms with Crippen molar-refractivity contribution in [2.75, 3.05) is 17.3 Å². The third-order valence-corrected chi connectivity index (χ3v) is 5.32. The summed E-state index contributed by atoms with van der Waals surface area (Å²) in [6.45, 7) is 3.54. The second kappa shape index (κ2) is 7.55. The molecule has 0 heterocycles. The molecule has 9 heteroatoms. The number of carbonyl (C=O) groups excluding carboxylic acids is 1. The van der Waals surface area contributed by atoms with Crippen LogP contribution < -0.4 is 9.44 Å². The number of ether oxygens (including phenoxy) is 1. The number of amides is 1. The molecule has 0 unspecified atom stereocenters. The maximum absolute atomic E-state index is 11.6. The van der Waals surface area contributed by atoms with Crippen LogP contribution in [0.15, 0.2) is 0 Å². The standard InChI is InChI=1S/C8H16Br2N2O4S/c1-3-8(5-9,6-10)12-17(14,15)11-7(13)16-4-2/h12H,3-6H2,1-2H3,(H,11,13). The summed E-state index contributed by atoms with van der Waals surface area (Å²) in [5, 5.41) is 0.844. The number of halogens is 2. The van der Waals surface area contributed by atoms with Crippen molar-refractivity contribution >= 4 is 48.2 Å². The van der Waals surface area contributed by atoms with Crippen molar-refractivity contribution in [2.45, 2.75) is 25.8 Å². The van der Waals surface area contributed by atoms with Gasteiger partial charge in [-0.1, -0.05) is 38.8 Å². The first kappa shape index (κ1) is 17.1. The number of alkyl halides is 2. The SMILES string of the molecule is CCOC(=O)NS(=O)(=O)NC(CC)(CBr)CBr. The molecule has 2 N–H and O–H groups in total. The molecule has 6 nitrogen and oxygen atoms in total. The monoisotopic (exact) mass is 394 g/mol. The average Bonchev–Trinajstić information content (AvgIpc) is 2.25. The second-order valence-corrected chi connectivity index (χ2v) is 5.87. The van der Waals surface area contributed by atoms with Crippen LogP contribution in [0.4, 0.5) is 4.79 Å². The molecule has 0 saturated carbocycles. The fraction of sp³-hybridized carbons (Fsp3) is 0.875. The molecule has 0 radical (unpaired) electrons. The molecule has 0 atom stereocenters. The minimum absolute atomic E-state index is 0.108. The van der Waals surface area contributed by atoms with Crippen molar-refractivity contribution in [1.29, 1.82) is 0 Å². The second-order valence-electron chi connectivity index (χ2n) is 3.33. The third kappa shape index (κ3) is 6.03. The van der Waals surface area contributed by atoms with Crippen molar-refractivity contribution in [3.8, 4) is 0 Å². The Morgan fingerprint density at radius 1 is 1.29 bits per heavy atom. The first-order chi connectivity index (χ1) is 7.84. The topological polar surface area (TPSA) is 84.5 Å². The van der Waals surface area contributed by atoms with Gasteiger partial charge in [0.15, 0.2) is 0 Å². The molecule has 0 saturated heterocycles. The molecule has 0 bridgehead atoms. The summed E-state index contributed by atoms with van der Waals surface area (Å²) >= 11 is 6.48. The number of carbonyl (C=O) groups is 1. The van der Waals surface area contributed by atoms with Gasteiger partial charge in [-0.2, -0.15) is 13.1 Å². The Hall–Kier alpha value is 0.140. The van der Waals surface area contributed by atoms with Crippen molar-refractivity contribution in [1.82, 2.24) is 9.44 Å². The molecule has 0 aromatic rings. The van der Waals surface area contributed by atoms with Crippen LogP contribution in [0, 0.1) is 0 Å².